The number of carbonyl (C=O) groups excluding carboxylic acids is 1. The molecule has 3 rings (SSSR count). The van der Waals surface area contributed by atoms with Crippen LogP contribution in [0.15, 0.2) is 42.7 Å². The van der Waals surface area contributed by atoms with Gasteiger partial charge in [0.05, 0.1) is 37.0 Å². The number of aryl methyl sites for hydroxylation is 1. The minimum Gasteiger partial charge on any atom is -0.481 e. The third-order valence-corrected chi connectivity index (χ3v) is 3.55. The summed E-state index contributed by atoms with van der Waals surface area (Å²) in [7, 11) is 1.55. The van der Waals surface area contributed by atoms with Gasteiger partial charge in [0, 0.05) is 18.3 Å². The summed E-state index contributed by atoms with van der Waals surface area (Å²) >= 11 is 0. The molecule has 0 fully saturated rings. The fraction of sp³-hybridized carbons (Fsp3) is 0.222. The third-order valence-electron chi connectivity index (χ3n) is 3.55. The van der Waals surface area contributed by atoms with E-state index in [4.69, 9.17) is 9.47 Å². The molecule has 0 amide bonds. The van der Waals surface area contributed by atoms with Gasteiger partial charge in [-0.1, -0.05) is 0 Å². The smallest absolute Gasteiger partial charge is 0.358 e. The molecule has 0 aromatic carbocycles. The van der Waals surface area contributed by atoms with Gasteiger partial charge in [-0.15, -0.1) is 0 Å². The number of methoxy groups -OCH3 is 1. The van der Waals surface area contributed by atoms with Crippen LogP contribution in [-0.2, 0) is 4.74 Å². The maximum Gasteiger partial charge on any atom is 0.358 e. The summed E-state index contributed by atoms with van der Waals surface area (Å²) in [6, 6.07) is 9.05. The molecule has 0 aliphatic heterocycles. The van der Waals surface area contributed by atoms with Crippen molar-refractivity contribution in [1.82, 2.24) is 19.7 Å². The Kier molecular flexibility index (Phi) is 4.74. The largest absolute Gasteiger partial charge is 0.481 e. The van der Waals surface area contributed by atoms with Crippen molar-refractivity contribution < 1.29 is 14.3 Å². The van der Waals surface area contributed by atoms with Crippen LogP contribution in [0, 0.1) is 6.92 Å². The lowest BCUT2D eigenvalue weighted by atomic mass is 10.2. The minimum atomic E-state index is -0.475. The van der Waals surface area contributed by atoms with Crippen molar-refractivity contribution in [3.63, 3.8) is 0 Å². The molecule has 0 unspecified atom stereocenters. The molecule has 7 heteroatoms. The Bertz CT molecular complexity index is 888. The number of hydrogen-bond donors (Lipinski definition) is 0. The normalized spacial score (nSPS) is 10.5. The number of rotatable bonds is 5. The van der Waals surface area contributed by atoms with E-state index in [9.17, 15) is 4.79 Å². The molecule has 0 spiro atoms. The Morgan fingerprint density at radius 2 is 2.04 bits per heavy atom. The Morgan fingerprint density at radius 1 is 1.20 bits per heavy atom. The van der Waals surface area contributed by atoms with Crippen molar-refractivity contribution in [3.05, 3.63) is 54.0 Å². The summed E-state index contributed by atoms with van der Waals surface area (Å²) in [5, 5.41) is 4.38. The molecule has 0 radical (unpaired) electrons. The summed E-state index contributed by atoms with van der Waals surface area (Å²) in [5.41, 5.74) is 3.35. The fourth-order valence-electron chi connectivity index (χ4n) is 2.36. The molecule has 7 nitrogen and oxygen atoms in total. The zero-order valence-electron chi connectivity index (χ0n) is 14.3. The standard InChI is InChI=1S/C18H18N4O3/c1-4-25-18(23)15-10-16(14-9-12(2)7-8-19-14)22(21-15)13-5-6-17(24-3)20-11-13/h5-11H,4H2,1-3H3. The second-order valence-electron chi connectivity index (χ2n) is 5.32. The molecule has 128 valence electrons. The third kappa shape index (κ3) is 3.50. The van der Waals surface area contributed by atoms with Gasteiger partial charge in [-0.25, -0.2) is 14.5 Å². The van der Waals surface area contributed by atoms with Crippen molar-refractivity contribution in [3.8, 4) is 23.0 Å². The Labute approximate surface area is 145 Å². The first-order valence-corrected chi connectivity index (χ1v) is 7.83. The molecule has 0 atom stereocenters. The van der Waals surface area contributed by atoms with Gasteiger partial charge in [0.15, 0.2) is 5.69 Å². The SMILES string of the molecule is CCOC(=O)c1cc(-c2cc(C)ccn2)n(-c2ccc(OC)nc2)n1. The topological polar surface area (TPSA) is 79.1 Å². The molecule has 0 aliphatic rings. The van der Waals surface area contributed by atoms with Crippen molar-refractivity contribution in [2.75, 3.05) is 13.7 Å². The van der Waals surface area contributed by atoms with Gasteiger partial charge >= 0.3 is 5.97 Å². The lowest BCUT2D eigenvalue weighted by Gasteiger charge is -2.07. The van der Waals surface area contributed by atoms with Crippen LogP contribution in [0.1, 0.15) is 23.0 Å². The highest BCUT2D eigenvalue weighted by Crippen LogP contribution is 2.24. The van der Waals surface area contributed by atoms with E-state index in [1.807, 2.05) is 25.1 Å². The van der Waals surface area contributed by atoms with E-state index in [0.717, 1.165) is 5.56 Å². The monoisotopic (exact) mass is 338 g/mol. The molecular weight excluding hydrogens is 320 g/mol. The van der Waals surface area contributed by atoms with Crippen LogP contribution in [0.4, 0.5) is 0 Å². The predicted octanol–water partition coefficient (Wildman–Crippen LogP) is 2.82. The molecule has 0 aliphatic carbocycles. The van der Waals surface area contributed by atoms with Gasteiger partial charge in [0.2, 0.25) is 5.88 Å². The van der Waals surface area contributed by atoms with Crippen molar-refractivity contribution in [2.24, 2.45) is 0 Å². The van der Waals surface area contributed by atoms with Crippen molar-refractivity contribution in [1.29, 1.82) is 0 Å². The van der Waals surface area contributed by atoms with E-state index in [1.165, 1.54) is 0 Å². The second-order valence-corrected chi connectivity index (χ2v) is 5.32. The number of ether oxygens (including phenoxy) is 2. The van der Waals surface area contributed by atoms with Crippen LogP contribution in [-0.4, -0.2) is 39.4 Å². The fourth-order valence-corrected chi connectivity index (χ4v) is 2.36. The van der Waals surface area contributed by atoms with E-state index in [0.29, 0.717) is 23.0 Å². The Balaban J connectivity index is 2.12. The van der Waals surface area contributed by atoms with E-state index < -0.39 is 5.97 Å². The first-order chi connectivity index (χ1) is 12.1. The zero-order valence-corrected chi connectivity index (χ0v) is 14.3. The van der Waals surface area contributed by atoms with Crippen LogP contribution in [0.2, 0.25) is 0 Å². The van der Waals surface area contributed by atoms with Crippen LogP contribution in [0.3, 0.4) is 0 Å². The summed E-state index contributed by atoms with van der Waals surface area (Å²) < 4.78 is 11.8. The number of hydrogen-bond acceptors (Lipinski definition) is 6. The zero-order chi connectivity index (χ0) is 17.8. The lowest BCUT2D eigenvalue weighted by molar-refractivity contribution is 0.0519. The number of carbonyl (C=O) groups is 1. The maximum atomic E-state index is 12.1. The van der Waals surface area contributed by atoms with Crippen LogP contribution >= 0.6 is 0 Å². The average molecular weight is 338 g/mol. The van der Waals surface area contributed by atoms with Gasteiger partial charge in [0.1, 0.15) is 0 Å². The molecule has 3 heterocycles. The summed E-state index contributed by atoms with van der Waals surface area (Å²) in [6.07, 6.45) is 3.35. The first kappa shape index (κ1) is 16.6. The summed E-state index contributed by atoms with van der Waals surface area (Å²) in [4.78, 5) is 20.7. The highest BCUT2D eigenvalue weighted by molar-refractivity contribution is 5.88. The summed E-state index contributed by atoms with van der Waals surface area (Å²) in [5.74, 6) is 0.0216. The maximum absolute atomic E-state index is 12.1. The minimum absolute atomic E-state index is 0.218. The highest BCUT2D eigenvalue weighted by Gasteiger charge is 2.18. The van der Waals surface area contributed by atoms with E-state index in [1.54, 1.807) is 43.2 Å². The quantitative estimate of drug-likeness (QED) is 0.666. The number of pyridine rings is 2. The molecular formula is C18H18N4O3. The Morgan fingerprint density at radius 3 is 2.68 bits per heavy atom. The average Bonchev–Trinajstić information content (AvgIpc) is 3.07. The molecule has 0 saturated heterocycles. The van der Waals surface area contributed by atoms with Gasteiger partial charge in [-0.05, 0) is 37.6 Å². The lowest BCUT2D eigenvalue weighted by Crippen LogP contribution is -2.07. The van der Waals surface area contributed by atoms with Crippen molar-refractivity contribution >= 4 is 5.97 Å². The van der Waals surface area contributed by atoms with Gasteiger partial charge in [-0.2, -0.15) is 5.10 Å². The van der Waals surface area contributed by atoms with E-state index in [-0.39, 0.29) is 12.3 Å². The molecule has 0 bridgehead atoms. The number of nitrogens with zero attached hydrogens (tertiary/aromatic N) is 4. The van der Waals surface area contributed by atoms with Crippen LogP contribution in [0.25, 0.3) is 17.1 Å². The molecule has 3 aromatic rings. The predicted molar refractivity (Wildman–Crippen MR) is 91.8 cm³/mol. The molecule has 0 N–H and O–H groups in total. The molecule has 0 saturated carbocycles. The second kappa shape index (κ2) is 7.12. The van der Waals surface area contributed by atoms with Crippen LogP contribution in [0.5, 0.6) is 5.88 Å². The summed E-state index contributed by atoms with van der Waals surface area (Å²) in [6.45, 7) is 4.02. The first-order valence-electron chi connectivity index (χ1n) is 7.83. The molecule has 25 heavy (non-hydrogen) atoms. The number of esters is 1. The van der Waals surface area contributed by atoms with Gasteiger partial charge in [0.25, 0.3) is 0 Å². The molecule has 3 aromatic heterocycles. The van der Waals surface area contributed by atoms with E-state index >= 15 is 0 Å². The van der Waals surface area contributed by atoms with Crippen LogP contribution < -0.4 is 4.74 Å². The van der Waals surface area contributed by atoms with Crippen molar-refractivity contribution in [2.45, 2.75) is 13.8 Å². The van der Waals surface area contributed by atoms with Gasteiger partial charge < -0.3 is 9.47 Å². The number of aromatic nitrogens is 4. The highest BCUT2D eigenvalue weighted by atomic mass is 16.5. The Hall–Kier alpha value is -3.22. The van der Waals surface area contributed by atoms with E-state index in [2.05, 4.69) is 15.1 Å². The van der Waals surface area contributed by atoms with Gasteiger partial charge in [-0.3, -0.25) is 4.98 Å².